The molecule has 0 bridgehead atoms. The number of oxazole rings is 1. The molecule has 244 valence electrons. The highest BCUT2D eigenvalue weighted by Gasteiger charge is 2.22. The molecule has 4 aromatic carbocycles. The molecular weight excluding hydrogens is 614 g/mol. The van der Waals surface area contributed by atoms with Crippen LogP contribution >= 0.6 is 0 Å². The first kappa shape index (κ1) is 33.6. The Labute approximate surface area is 275 Å². The smallest absolute Gasteiger partial charge is 0.266 e. The Hall–Kier alpha value is -4.80. The van der Waals surface area contributed by atoms with Crippen LogP contribution in [0.25, 0.3) is 22.6 Å². The van der Waals surface area contributed by atoms with Crippen LogP contribution in [-0.2, 0) is 27.8 Å². The molecule has 5 aromatic rings. The topological polar surface area (TPSA) is 139 Å². The highest BCUT2D eigenvalue weighted by Crippen LogP contribution is 2.28. The van der Waals surface area contributed by atoms with E-state index in [9.17, 15) is 18.0 Å². The Kier molecular flexibility index (Phi) is 10.2. The highest BCUT2D eigenvalue weighted by atomic mass is 32.2. The Balaban J connectivity index is 1.32. The van der Waals surface area contributed by atoms with Crippen LogP contribution in [0.4, 0.5) is 5.69 Å². The summed E-state index contributed by atoms with van der Waals surface area (Å²) in [5, 5.41) is 5.55. The molecule has 0 aliphatic heterocycles. The summed E-state index contributed by atoms with van der Waals surface area (Å²) in [4.78, 5) is 30.8. The fraction of sp³-hybridized carbons (Fsp3) is 0.270. The number of aromatic nitrogens is 1. The normalized spacial score (nSPS) is 12.5. The van der Waals surface area contributed by atoms with E-state index >= 15 is 0 Å². The zero-order valence-corrected chi connectivity index (χ0v) is 27.5. The van der Waals surface area contributed by atoms with Gasteiger partial charge in [0.25, 0.3) is 16.0 Å². The number of hydrogen-bond acceptors (Lipinski definition) is 6. The largest absolute Gasteiger partial charge is 0.436 e. The maximum absolute atomic E-state index is 13.8. The summed E-state index contributed by atoms with van der Waals surface area (Å²) in [5.41, 5.74) is 6.41. The van der Waals surface area contributed by atoms with Crippen molar-refractivity contribution in [3.8, 4) is 11.5 Å². The SMILES string of the molecule is CC(C)(C)CCc1ccc(C(Cc2ccc(C(=O)NCCS(=O)(=O)O)cc2)C(=O)Nc2ccc(-c3nc4ccccc4o3)cc2)cc1. The molecule has 0 aliphatic rings. The van der Waals surface area contributed by atoms with Crippen molar-refractivity contribution in [1.29, 1.82) is 0 Å². The summed E-state index contributed by atoms with van der Waals surface area (Å²) in [6, 6.07) is 29.9. The molecule has 1 unspecified atom stereocenters. The second kappa shape index (κ2) is 14.3. The van der Waals surface area contributed by atoms with Gasteiger partial charge in [-0.05, 0) is 89.9 Å². The number of anilines is 1. The molecule has 2 amide bonds. The quantitative estimate of drug-likeness (QED) is 0.123. The third kappa shape index (κ3) is 9.60. The predicted octanol–water partition coefficient (Wildman–Crippen LogP) is 7.06. The molecule has 9 nitrogen and oxygen atoms in total. The van der Waals surface area contributed by atoms with Gasteiger partial charge in [-0.3, -0.25) is 14.1 Å². The monoisotopic (exact) mass is 653 g/mol. The third-order valence-corrected chi connectivity index (χ3v) is 8.58. The molecule has 1 heterocycles. The number of nitrogens with zero attached hydrogens (tertiary/aromatic N) is 1. The van der Waals surface area contributed by atoms with Gasteiger partial charge in [0.05, 0.1) is 11.7 Å². The average Bonchev–Trinajstić information content (AvgIpc) is 3.47. The number of rotatable bonds is 12. The van der Waals surface area contributed by atoms with Crippen molar-refractivity contribution in [2.75, 3.05) is 17.6 Å². The van der Waals surface area contributed by atoms with Gasteiger partial charge < -0.3 is 15.1 Å². The number of benzene rings is 4. The lowest BCUT2D eigenvalue weighted by molar-refractivity contribution is -0.117. The van der Waals surface area contributed by atoms with Crippen LogP contribution in [-0.4, -0.2) is 42.1 Å². The van der Waals surface area contributed by atoms with E-state index in [0.717, 1.165) is 35.0 Å². The molecular formula is C37H39N3O6S. The molecule has 0 saturated heterocycles. The second-order valence-electron chi connectivity index (χ2n) is 12.9. The minimum atomic E-state index is -4.17. The van der Waals surface area contributed by atoms with Gasteiger partial charge in [-0.1, -0.05) is 69.3 Å². The molecule has 0 spiro atoms. The Bertz CT molecular complexity index is 1910. The Morgan fingerprint density at radius 1 is 0.872 bits per heavy atom. The third-order valence-electron chi connectivity index (χ3n) is 7.86. The molecule has 0 fully saturated rings. The zero-order chi connectivity index (χ0) is 33.6. The van der Waals surface area contributed by atoms with Crippen LogP contribution in [0.5, 0.6) is 0 Å². The molecule has 1 aromatic heterocycles. The van der Waals surface area contributed by atoms with Crippen molar-refractivity contribution < 1.29 is 27.0 Å². The van der Waals surface area contributed by atoms with Gasteiger partial charge in [-0.25, -0.2) is 4.98 Å². The molecule has 47 heavy (non-hydrogen) atoms. The van der Waals surface area contributed by atoms with Crippen LogP contribution in [0.3, 0.4) is 0 Å². The van der Waals surface area contributed by atoms with Crippen molar-refractivity contribution in [1.82, 2.24) is 10.3 Å². The van der Waals surface area contributed by atoms with Crippen molar-refractivity contribution >= 4 is 38.7 Å². The van der Waals surface area contributed by atoms with E-state index in [1.54, 1.807) is 24.3 Å². The summed E-state index contributed by atoms with van der Waals surface area (Å²) in [7, 11) is -4.17. The van der Waals surface area contributed by atoms with E-state index in [2.05, 4.69) is 48.5 Å². The molecule has 5 rings (SSSR count). The fourth-order valence-electron chi connectivity index (χ4n) is 5.14. The number of carbonyl (C=O) groups is 2. The first-order valence-electron chi connectivity index (χ1n) is 15.5. The van der Waals surface area contributed by atoms with Gasteiger partial charge in [0.2, 0.25) is 11.8 Å². The van der Waals surface area contributed by atoms with Gasteiger partial charge in [0, 0.05) is 23.4 Å². The van der Waals surface area contributed by atoms with Crippen LogP contribution in [0.2, 0.25) is 0 Å². The number of fused-ring (bicyclic) bond motifs is 1. The van der Waals surface area contributed by atoms with Crippen molar-refractivity contribution in [2.45, 2.75) is 46.0 Å². The Morgan fingerprint density at radius 2 is 1.53 bits per heavy atom. The fourth-order valence-corrected chi connectivity index (χ4v) is 5.50. The van der Waals surface area contributed by atoms with Crippen LogP contribution in [0.1, 0.15) is 60.2 Å². The maximum atomic E-state index is 13.8. The molecule has 0 saturated carbocycles. The number of amides is 2. The van der Waals surface area contributed by atoms with E-state index in [1.807, 2.05) is 60.7 Å². The predicted molar refractivity (Wildman–Crippen MR) is 184 cm³/mol. The number of para-hydroxylation sites is 2. The van der Waals surface area contributed by atoms with Gasteiger partial charge >= 0.3 is 0 Å². The molecule has 3 N–H and O–H groups in total. The first-order chi connectivity index (χ1) is 22.3. The van der Waals surface area contributed by atoms with Crippen LogP contribution in [0, 0.1) is 5.41 Å². The Morgan fingerprint density at radius 3 is 2.17 bits per heavy atom. The van der Waals surface area contributed by atoms with Crippen molar-refractivity contribution in [3.63, 3.8) is 0 Å². The van der Waals surface area contributed by atoms with Crippen LogP contribution < -0.4 is 10.6 Å². The molecule has 10 heteroatoms. The number of nitrogens with one attached hydrogen (secondary N) is 2. The van der Waals surface area contributed by atoms with E-state index in [-0.39, 0.29) is 17.9 Å². The summed E-state index contributed by atoms with van der Waals surface area (Å²) in [6.45, 7) is 6.45. The summed E-state index contributed by atoms with van der Waals surface area (Å²) >= 11 is 0. The minimum absolute atomic E-state index is 0.172. The summed E-state index contributed by atoms with van der Waals surface area (Å²) in [5.74, 6) is -1.21. The number of carbonyl (C=O) groups excluding carboxylic acids is 2. The van der Waals surface area contributed by atoms with Crippen molar-refractivity contribution in [3.05, 3.63) is 119 Å². The maximum Gasteiger partial charge on any atom is 0.266 e. The van der Waals surface area contributed by atoms with Crippen molar-refractivity contribution in [2.24, 2.45) is 5.41 Å². The summed E-state index contributed by atoms with van der Waals surface area (Å²) < 4.78 is 36.7. The summed E-state index contributed by atoms with van der Waals surface area (Å²) in [6.07, 6.45) is 2.38. The van der Waals surface area contributed by atoms with E-state index in [0.29, 0.717) is 29.1 Å². The van der Waals surface area contributed by atoms with Gasteiger partial charge in [-0.15, -0.1) is 0 Å². The molecule has 1 atom stereocenters. The van der Waals surface area contributed by atoms with Gasteiger partial charge in [0.15, 0.2) is 5.58 Å². The number of aryl methyl sites for hydroxylation is 1. The van der Waals surface area contributed by atoms with E-state index < -0.39 is 27.7 Å². The lowest BCUT2D eigenvalue weighted by Gasteiger charge is -2.20. The lowest BCUT2D eigenvalue weighted by atomic mass is 9.87. The van der Waals surface area contributed by atoms with Gasteiger partial charge in [0.1, 0.15) is 5.52 Å². The van der Waals surface area contributed by atoms with E-state index in [1.165, 1.54) is 5.56 Å². The standard InChI is InChI=1S/C37H39N3O6S/c1-37(2,3)21-20-25-8-12-27(13-9-25)31(24-26-10-14-28(15-11-26)34(41)38-22-23-47(43,44)45)35(42)39-30-18-16-29(17-19-30)36-40-32-6-4-5-7-33(32)46-36/h4-19,31H,20-24H2,1-3H3,(H,38,41)(H,39,42)(H,43,44,45). The second-order valence-corrected chi connectivity index (χ2v) is 14.4. The lowest BCUT2D eigenvalue weighted by Crippen LogP contribution is -2.28. The average molecular weight is 654 g/mol. The van der Waals surface area contributed by atoms with E-state index in [4.69, 9.17) is 8.97 Å². The molecule has 0 aliphatic carbocycles. The minimum Gasteiger partial charge on any atom is -0.436 e. The zero-order valence-electron chi connectivity index (χ0n) is 26.7. The molecule has 0 radical (unpaired) electrons. The number of hydrogen-bond donors (Lipinski definition) is 3. The first-order valence-corrected chi connectivity index (χ1v) is 17.1. The van der Waals surface area contributed by atoms with Gasteiger partial charge in [-0.2, -0.15) is 8.42 Å². The van der Waals surface area contributed by atoms with Crippen LogP contribution in [0.15, 0.2) is 101 Å². The highest BCUT2D eigenvalue weighted by molar-refractivity contribution is 7.85.